The van der Waals surface area contributed by atoms with Gasteiger partial charge >= 0.3 is 0 Å². The molecule has 1 atom stereocenters. The second-order valence-electron chi connectivity index (χ2n) is 5.89. The molecule has 0 spiro atoms. The van der Waals surface area contributed by atoms with E-state index in [-0.39, 0.29) is 11.7 Å². The fourth-order valence-corrected chi connectivity index (χ4v) is 3.68. The average Bonchev–Trinajstić information content (AvgIpc) is 2.62. The minimum absolute atomic E-state index is 0.0462. The van der Waals surface area contributed by atoms with Gasteiger partial charge in [0.15, 0.2) is 0 Å². The molecule has 0 aliphatic rings. The number of hydrogen-bond donors (Lipinski definition) is 3. The van der Waals surface area contributed by atoms with Crippen molar-refractivity contribution in [3.8, 4) is 5.75 Å². The molecule has 0 bridgehead atoms. The smallest absolute Gasteiger partial charge is 0.245 e. The van der Waals surface area contributed by atoms with Crippen LogP contribution < -0.4 is 20.1 Å². The number of anilines is 2. The summed E-state index contributed by atoms with van der Waals surface area (Å²) in [6.45, 7) is 2.72. The van der Waals surface area contributed by atoms with Crippen molar-refractivity contribution in [2.24, 2.45) is 0 Å². The van der Waals surface area contributed by atoms with Crippen LogP contribution in [0.3, 0.4) is 0 Å². The Balaban J connectivity index is 2.09. The Labute approximate surface area is 162 Å². The van der Waals surface area contributed by atoms with E-state index in [9.17, 15) is 22.4 Å². The van der Waals surface area contributed by atoms with Crippen LogP contribution in [-0.4, -0.2) is 33.4 Å². The van der Waals surface area contributed by atoms with Crippen LogP contribution in [0.5, 0.6) is 5.75 Å². The molecule has 8 nitrogen and oxygen atoms in total. The lowest BCUT2D eigenvalue weighted by atomic mass is 10.2. The SMILES string of the molecule is COc1ccc(F)cc1S(=O)(=O)NC(C)C(=O)Nc1ccc(NC(C)=O)cc1. The number of benzene rings is 2. The number of ether oxygens (including phenoxy) is 1. The van der Waals surface area contributed by atoms with E-state index in [2.05, 4.69) is 15.4 Å². The maximum absolute atomic E-state index is 13.5. The van der Waals surface area contributed by atoms with Crippen LogP contribution in [0, 0.1) is 5.82 Å². The third kappa shape index (κ3) is 5.51. The van der Waals surface area contributed by atoms with Crippen LogP contribution in [0.2, 0.25) is 0 Å². The minimum Gasteiger partial charge on any atom is -0.495 e. The van der Waals surface area contributed by atoms with E-state index < -0.39 is 32.7 Å². The molecule has 2 rings (SSSR count). The first kappa shape index (κ1) is 21.3. The predicted octanol–water partition coefficient (Wildman–Crippen LogP) is 2.10. The number of nitrogens with one attached hydrogen (secondary N) is 3. The molecule has 28 heavy (non-hydrogen) atoms. The predicted molar refractivity (Wildman–Crippen MR) is 102 cm³/mol. The Morgan fingerprint density at radius 1 is 1.04 bits per heavy atom. The average molecular weight is 409 g/mol. The molecule has 2 aromatic carbocycles. The van der Waals surface area contributed by atoms with Gasteiger partial charge in [-0.25, -0.2) is 12.8 Å². The zero-order valence-electron chi connectivity index (χ0n) is 15.4. The molecule has 0 aliphatic carbocycles. The highest BCUT2D eigenvalue weighted by Crippen LogP contribution is 2.24. The van der Waals surface area contributed by atoms with Gasteiger partial charge in [0.25, 0.3) is 0 Å². The van der Waals surface area contributed by atoms with Gasteiger partial charge in [0, 0.05) is 18.3 Å². The topological polar surface area (TPSA) is 114 Å². The van der Waals surface area contributed by atoms with Crippen LogP contribution in [0.4, 0.5) is 15.8 Å². The Bertz CT molecular complexity index is 977. The maximum atomic E-state index is 13.5. The molecule has 2 amide bonds. The van der Waals surface area contributed by atoms with Crippen molar-refractivity contribution in [3.05, 3.63) is 48.3 Å². The monoisotopic (exact) mass is 409 g/mol. The number of halogens is 1. The number of methoxy groups -OCH3 is 1. The highest BCUT2D eigenvalue weighted by atomic mass is 32.2. The minimum atomic E-state index is -4.21. The molecular formula is C18H20FN3O5S. The summed E-state index contributed by atoms with van der Waals surface area (Å²) in [4.78, 5) is 22.9. The van der Waals surface area contributed by atoms with Crippen LogP contribution in [0.15, 0.2) is 47.4 Å². The molecule has 0 aromatic heterocycles. The molecular weight excluding hydrogens is 389 g/mol. The number of amides is 2. The summed E-state index contributed by atoms with van der Waals surface area (Å²) >= 11 is 0. The van der Waals surface area contributed by atoms with Gasteiger partial charge in [-0.15, -0.1) is 0 Å². The summed E-state index contributed by atoms with van der Waals surface area (Å²) in [6.07, 6.45) is 0. The third-order valence-corrected chi connectivity index (χ3v) is 5.18. The zero-order valence-corrected chi connectivity index (χ0v) is 16.3. The fraction of sp³-hybridized carbons (Fsp3) is 0.222. The van der Waals surface area contributed by atoms with Crippen molar-refractivity contribution in [1.29, 1.82) is 0 Å². The molecule has 3 N–H and O–H groups in total. The van der Waals surface area contributed by atoms with E-state index in [1.165, 1.54) is 27.0 Å². The van der Waals surface area contributed by atoms with Crippen molar-refractivity contribution in [3.63, 3.8) is 0 Å². The summed E-state index contributed by atoms with van der Waals surface area (Å²) in [5.74, 6) is -1.65. The molecule has 0 fully saturated rings. The summed E-state index contributed by atoms with van der Waals surface area (Å²) in [6, 6.07) is 8.21. The van der Waals surface area contributed by atoms with Crippen LogP contribution in [0.1, 0.15) is 13.8 Å². The number of rotatable bonds is 7. The lowest BCUT2D eigenvalue weighted by Gasteiger charge is -2.16. The van der Waals surface area contributed by atoms with Crippen LogP contribution in [-0.2, 0) is 19.6 Å². The molecule has 150 valence electrons. The highest BCUT2D eigenvalue weighted by molar-refractivity contribution is 7.89. The van der Waals surface area contributed by atoms with E-state index >= 15 is 0 Å². The van der Waals surface area contributed by atoms with Gasteiger partial charge in [0.1, 0.15) is 16.5 Å². The molecule has 2 aromatic rings. The number of carbonyl (C=O) groups is 2. The van der Waals surface area contributed by atoms with E-state index in [1.807, 2.05) is 0 Å². The molecule has 0 saturated carbocycles. The van der Waals surface area contributed by atoms with E-state index in [0.717, 1.165) is 12.1 Å². The fourth-order valence-electron chi connectivity index (χ4n) is 2.30. The first-order valence-electron chi connectivity index (χ1n) is 8.17. The Kier molecular flexibility index (Phi) is 6.71. The third-order valence-electron chi connectivity index (χ3n) is 3.61. The van der Waals surface area contributed by atoms with Gasteiger partial charge in [-0.05, 0) is 49.4 Å². The Morgan fingerprint density at radius 3 is 2.14 bits per heavy atom. The molecule has 0 saturated heterocycles. The van der Waals surface area contributed by atoms with Gasteiger partial charge < -0.3 is 15.4 Å². The number of carbonyl (C=O) groups excluding carboxylic acids is 2. The van der Waals surface area contributed by atoms with E-state index in [1.54, 1.807) is 24.3 Å². The van der Waals surface area contributed by atoms with Crippen LogP contribution in [0.25, 0.3) is 0 Å². The summed E-state index contributed by atoms with van der Waals surface area (Å²) < 4.78 is 45.6. The Morgan fingerprint density at radius 2 is 1.61 bits per heavy atom. The standard InChI is InChI=1S/C18H20FN3O5S/c1-11(18(24)21-15-7-5-14(6-8-15)20-12(2)23)22-28(25,26)17-10-13(19)4-9-16(17)27-3/h4-11,22H,1-3H3,(H,20,23)(H,21,24). The second-order valence-corrected chi connectivity index (χ2v) is 7.57. The first-order valence-corrected chi connectivity index (χ1v) is 9.65. The maximum Gasteiger partial charge on any atom is 0.245 e. The normalized spacial score (nSPS) is 12.1. The number of hydrogen-bond acceptors (Lipinski definition) is 5. The summed E-state index contributed by atoms with van der Waals surface area (Å²) in [5.41, 5.74) is 0.964. The largest absolute Gasteiger partial charge is 0.495 e. The van der Waals surface area contributed by atoms with Crippen molar-refractivity contribution >= 4 is 33.2 Å². The Hall–Kier alpha value is -2.98. The van der Waals surface area contributed by atoms with E-state index in [0.29, 0.717) is 11.4 Å². The summed E-state index contributed by atoms with van der Waals surface area (Å²) in [7, 11) is -2.95. The van der Waals surface area contributed by atoms with Gasteiger partial charge in [0.2, 0.25) is 21.8 Å². The van der Waals surface area contributed by atoms with Gasteiger partial charge in [-0.3, -0.25) is 9.59 Å². The van der Waals surface area contributed by atoms with Crippen molar-refractivity contribution in [1.82, 2.24) is 4.72 Å². The first-order chi connectivity index (χ1) is 13.1. The molecule has 0 heterocycles. The lowest BCUT2D eigenvalue weighted by molar-refractivity contribution is -0.117. The lowest BCUT2D eigenvalue weighted by Crippen LogP contribution is -2.41. The molecule has 10 heteroatoms. The van der Waals surface area contributed by atoms with Crippen molar-refractivity contribution in [2.75, 3.05) is 17.7 Å². The van der Waals surface area contributed by atoms with E-state index in [4.69, 9.17) is 4.74 Å². The van der Waals surface area contributed by atoms with Gasteiger partial charge in [-0.2, -0.15) is 4.72 Å². The van der Waals surface area contributed by atoms with Crippen molar-refractivity contribution < 1.29 is 27.1 Å². The zero-order chi connectivity index (χ0) is 20.9. The van der Waals surface area contributed by atoms with Gasteiger partial charge in [0.05, 0.1) is 13.2 Å². The summed E-state index contributed by atoms with van der Waals surface area (Å²) in [5, 5.41) is 5.14. The van der Waals surface area contributed by atoms with Crippen molar-refractivity contribution in [2.45, 2.75) is 24.8 Å². The second kappa shape index (κ2) is 8.81. The molecule has 0 radical (unpaired) electrons. The molecule has 1 unspecified atom stereocenters. The molecule has 0 aliphatic heterocycles. The van der Waals surface area contributed by atoms with Gasteiger partial charge in [-0.1, -0.05) is 0 Å². The van der Waals surface area contributed by atoms with Crippen LogP contribution >= 0.6 is 0 Å². The number of sulfonamides is 1. The highest BCUT2D eigenvalue weighted by Gasteiger charge is 2.25. The quantitative estimate of drug-likeness (QED) is 0.648.